The van der Waals surface area contributed by atoms with E-state index in [0.29, 0.717) is 23.9 Å². The maximum absolute atomic E-state index is 12.7. The highest BCUT2D eigenvalue weighted by molar-refractivity contribution is 6.30. The Morgan fingerprint density at radius 2 is 1.88 bits per heavy atom. The van der Waals surface area contributed by atoms with Crippen LogP contribution in [0.4, 0.5) is 0 Å². The molecule has 4 rings (SSSR count). The van der Waals surface area contributed by atoms with Crippen LogP contribution in [0.25, 0.3) is 0 Å². The minimum atomic E-state index is 0.0724. The van der Waals surface area contributed by atoms with Gasteiger partial charge in [0, 0.05) is 42.3 Å². The Morgan fingerprint density at radius 3 is 2.67 bits per heavy atom. The summed E-state index contributed by atoms with van der Waals surface area (Å²) in [5, 5.41) is 0.681. The van der Waals surface area contributed by atoms with Gasteiger partial charge in [-0.2, -0.15) is 0 Å². The lowest BCUT2D eigenvalue weighted by Gasteiger charge is -2.42. The van der Waals surface area contributed by atoms with Gasteiger partial charge in [-0.15, -0.1) is 0 Å². The molecule has 1 amide bonds. The molecule has 2 aliphatic heterocycles. The normalized spacial score (nSPS) is 22.1. The van der Waals surface area contributed by atoms with Crippen LogP contribution in [0.2, 0.25) is 5.02 Å². The van der Waals surface area contributed by atoms with Gasteiger partial charge in [0.1, 0.15) is 0 Å². The van der Waals surface area contributed by atoms with E-state index in [9.17, 15) is 9.59 Å². The zero-order valence-corrected chi connectivity index (χ0v) is 14.1. The van der Waals surface area contributed by atoms with E-state index < -0.39 is 0 Å². The number of benzene rings is 1. The first kappa shape index (κ1) is 15.5. The van der Waals surface area contributed by atoms with Crippen molar-refractivity contribution in [3.8, 4) is 0 Å². The van der Waals surface area contributed by atoms with Gasteiger partial charge >= 0.3 is 0 Å². The van der Waals surface area contributed by atoms with Crippen molar-refractivity contribution in [2.45, 2.75) is 25.3 Å². The van der Waals surface area contributed by atoms with E-state index in [1.54, 1.807) is 6.07 Å². The molecule has 0 spiro atoms. The topological polar surface area (TPSA) is 42.3 Å². The monoisotopic (exact) mass is 342 g/mol. The van der Waals surface area contributed by atoms with E-state index in [4.69, 9.17) is 11.6 Å². The molecular weight excluding hydrogens is 324 g/mol. The van der Waals surface area contributed by atoms with Gasteiger partial charge in [0.15, 0.2) is 0 Å². The zero-order chi connectivity index (χ0) is 16.7. The second-order valence-corrected chi connectivity index (χ2v) is 7.24. The van der Waals surface area contributed by atoms with E-state index >= 15 is 0 Å². The third-order valence-corrected chi connectivity index (χ3v) is 5.35. The number of fused-ring (bicyclic) bond motifs is 4. The van der Waals surface area contributed by atoms with E-state index in [1.165, 1.54) is 0 Å². The molecule has 3 heterocycles. The Balaban J connectivity index is 1.52. The van der Waals surface area contributed by atoms with Crippen LogP contribution >= 0.6 is 11.6 Å². The second-order valence-electron chi connectivity index (χ2n) is 6.80. The van der Waals surface area contributed by atoms with Crippen molar-refractivity contribution in [1.82, 2.24) is 9.47 Å². The SMILES string of the molecule is O=C(Cc1ccc(Cl)cc1)N1CC2CC(C1)c1cccc(=O)n1C2. The molecule has 2 atom stereocenters. The number of carbonyl (C=O) groups is 1. The van der Waals surface area contributed by atoms with E-state index in [-0.39, 0.29) is 17.4 Å². The fourth-order valence-electron chi connectivity index (χ4n) is 3.99. The molecule has 5 heteroatoms. The van der Waals surface area contributed by atoms with Gasteiger partial charge in [-0.25, -0.2) is 0 Å². The Morgan fingerprint density at radius 1 is 1.08 bits per heavy atom. The van der Waals surface area contributed by atoms with Crippen molar-refractivity contribution in [1.29, 1.82) is 0 Å². The summed E-state index contributed by atoms with van der Waals surface area (Å²) >= 11 is 5.90. The van der Waals surface area contributed by atoms with Gasteiger partial charge in [0.05, 0.1) is 6.42 Å². The number of rotatable bonds is 2. The molecule has 0 saturated carbocycles. The number of pyridine rings is 1. The largest absolute Gasteiger partial charge is 0.341 e. The van der Waals surface area contributed by atoms with Gasteiger partial charge in [-0.3, -0.25) is 9.59 Å². The van der Waals surface area contributed by atoms with Crippen molar-refractivity contribution in [3.05, 3.63) is 69.1 Å². The van der Waals surface area contributed by atoms with Crippen molar-refractivity contribution >= 4 is 17.5 Å². The first-order chi connectivity index (χ1) is 11.6. The lowest BCUT2D eigenvalue weighted by atomic mass is 9.83. The molecule has 1 fully saturated rings. The zero-order valence-electron chi connectivity index (χ0n) is 13.3. The van der Waals surface area contributed by atoms with Crippen molar-refractivity contribution < 1.29 is 4.79 Å². The molecule has 24 heavy (non-hydrogen) atoms. The third-order valence-electron chi connectivity index (χ3n) is 5.10. The summed E-state index contributed by atoms with van der Waals surface area (Å²) in [6.45, 7) is 2.16. The van der Waals surface area contributed by atoms with Gasteiger partial charge in [0.2, 0.25) is 5.91 Å². The van der Waals surface area contributed by atoms with Crippen molar-refractivity contribution in [2.24, 2.45) is 5.92 Å². The number of likely N-dealkylation sites (tertiary alicyclic amines) is 1. The number of carbonyl (C=O) groups excluding carboxylic acids is 1. The fourth-order valence-corrected chi connectivity index (χ4v) is 4.11. The van der Waals surface area contributed by atoms with Crippen LogP contribution in [0.1, 0.15) is 23.6 Å². The Hall–Kier alpha value is -2.07. The average Bonchev–Trinajstić information content (AvgIpc) is 2.58. The summed E-state index contributed by atoms with van der Waals surface area (Å²) in [5.41, 5.74) is 2.13. The van der Waals surface area contributed by atoms with Crippen molar-refractivity contribution in [2.75, 3.05) is 13.1 Å². The summed E-state index contributed by atoms with van der Waals surface area (Å²) in [6.07, 6.45) is 1.46. The summed E-state index contributed by atoms with van der Waals surface area (Å²) < 4.78 is 1.89. The predicted molar refractivity (Wildman–Crippen MR) is 93.3 cm³/mol. The number of nitrogens with zero attached hydrogens (tertiary/aromatic N) is 2. The molecule has 124 valence electrons. The van der Waals surface area contributed by atoms with E-state index in [1.807, 2.05) is 45.9 Å². The average molecular weight is 343 g/mol. The summed E-state index contributed by atoms with van der Waals surface area (Å²) in [4.78, 5) is 26.7. The Labute approximate surface area is 145 Å². The summed E-state index contributed by atoms with van der Waals surface area (Å²) in [5.74, 6) is 0.782. The summed E-state index contributed by atoms with van der Waals surface area (Å²) in [7, 11) is 0. The van der Waals surface area contributed by atoms with Crippen LogP contribution in [0.3, 0.4) is 0 Å². The smallest absolute Gasteiger partial charge is 0.250 e. The lowest BCUT2D eigenvalue weighted by Crippen LogP contribution is -2.49. The van der Waals surface area contributed by atoms with Crippen LogP contribution < -0.4 is 5.56 Å². The fraction of sp³-hybridized carbons (Fsp3) is 0.368. The Kier molecular flexibility index (Phi) is 3.93. The molecule has 4 nitrogen and oxygen atoms in total. The van der Waals surface area contributed by atoms with Crippen molar-refractivity contribution in [3.63, 3.8) is 0 Å². The highest BCUT2D eigenvalue weighted by atomic mass is 35.5. The Bertz CT molecular complexity index is 828. The van der Waals surface area contributed by atoms with Crippen LogP contribution in [0.5, 0.6) is 0 Å². The molecule has 1 saturated heterocycles. The van der Waals surface area contributed by atoms with Crippen LogP contribution in [0, 0.1) is 5.92 Å². The lowest BCUT2D eigenvalue weighted by molar-refractivity contribution is -0.133. The number of hydrogen-bond donors (Lipinski definition) is 0. The van der Waals surface area contributed by atoms with Crippen LogP contribution in [-0.4, -0.2) is 28.5 Å². The number of amides is 1. The van der Waals surface area contributed by atoms with Gasteiger partial charge in [-0.1, -0.05) is 29.8 Å². The second kappa shape index (κ2) is 6.10. The maximum Gasteiger partial charge on any atom is 0.250 e. The highest BCUT2D eigenvalue weighted by Gasteiger charge is 2.35. The number of aromatic nitrogens is 1. The number of piperidine rings is 1. The standard InChI is InChI=1S/C19H19ClN2O2/c20-16-6-4-13(5-7-16)9-19(24)21-10-14-8-15(12-21)17-2-1-3-18(23)22(17)11-14/h1-7,14-15H,8-12H2. The van der Waals surface area contributed by atoms with Crippen LogP contribution in [-0.2, 0) is 17.8 Å². The van der Waals surface area contributed by atoms with E-state index in [0.717, 1.165) is 30.8 Å². The number of halogens is 1. The molecule has 0 aliphatic carbocycles. The van der Waals surface area contributed by atoms with Gasteiger partial charge in [-0.05, 0) is 36.1 Å². The number of hydrogen-bond acceptors (Lipinski definition) is 2. The predicted octanol–water partition coefficient (Wildman–Crippen LogP) is 2.69. The summed E-state index contributed by atoms with van der Waals surface area (Å²) in [6, 6.07) is 12.9. The molecule has 1 aromatic heterocycles. The van der Waals surface area contributed by atoms with Gasteiger partial charge in [0.25, 0.3) is 5.56 Å². The molecule has 1 aromatic carbocycles. The molecule has 0 radical (unpaired) electrons. The molecule has 2 aliphatic rings. The third kappa shape index (κ3) is 2.86. The minimum Gasteiger partial charge on any atom is -0.341 e. The highest BCUT2D eigenvalue weighted by Crippen LogP contribution is 2.35. The maximum atomic E-state index is 12.7. The molecule has 2 unspecified atom stereocenters. The quantitative estimate of drug-likeness (QED) is 0.842. The first-order valence-electron chi connectivity index (χ1n) is 8.32. The minimum absolute atomic E-state index is 0.0724. The molecule has 0 N–H and O–H groups in total. The first-order valence-corrected chi connectivity index (χ1v) is 8.70. The molecule has 2 aromatic rings. The molecule has 2 bridgehead atoms. The van der Waals surface area contributed by atoms with E-state index in [2.05, 4.69) is 0 Å². The van der Waals surface area contributed by atoms with Crippen LogP contribution in [0.15, 0.2) is 47.3 Å². The van der Waals surface area contributed by atoms with Gasteiger partial charge < -0.3 is 9.47 Å². The molecular formula is C19H19ClN2O2.